The van der Waals surface area contributed by atoms with E-state index in [4.69, 9.17) is 0 Å². The Hall–Kier alpha value is -3.15. The largest absolute Gasteiger partial charge is 0.418 e. The molecule has 0 spiro atoms. The van der Waals surface area contributed by atoms with Gasteiger partial charge in [-0.25, -0.2) is 0 Å². The molecule has 3 aromatic rings. The average molecular weight is 370 g/mol. The Bertz CT molecular complexity index is 992. The highest BCUT2D eigenvalue weighted by molar-refractivity contribution is 6.07. The number of fused-ring (bicyclic) bond motifs is 1. The van der Waals surface area contributed by atoms with Gasteiger partial charge in [-0.2, -0.15) is 13.2 Å². The maximum absolute atomic E-state index is 13.1. The fourth-order valence-electron chi connectivity index (χ4n) is 2.72. The molecule has 0 aliphatic rings. The number of nitrogens with zero attached hydrogens (tertiary/aromatic N) is 1. The van der Waals surface area contributed by atoms with E-state index in [-0.39, 0.29) is 16.6 Å². The first kappa shape index (κ1) is 18.6. The van der Waals surface area contributed by atoms with Crippen LogP contribution in [0, 0.1) is 0 Å². The van der Waals surface area contributed by atoms with E-state index in [1.165, 1.54) is 36.0 Å². The molecule has 138 valence electrons. The normalized spacial score (nSPS) is 11.9. The Morgan fingerprint density at radius 1 is 1.11 bits per heavy atom. The first-order valence-electron chi connectivity index (χ1n) is 8.41. The standard InChI is InChI=1S/C21H17F3N2O/c1-2-14-6-8-15(9-7-14)10-11-19(27)26-18-12-13-25-20-16(18)4-3-5-17(20)21(22,23)24/h3-13H,2H2,1H3,(H,25,26,27)/b11-10+. The lowest BCUT2D eigenvalue weighted by atomic mass is 10.1. The van der Waals surface area contributed by atoms with Crippen LogP contribution in [-0.2, 0) is 17.4 Å². The summed E-state index contributed by atoms with van der Waals surface area (Å²) in [6.07, 6.45) is 0.666. The van der Waals surface area contributed by atoms with Crippen LogP contribution in [-0.4, -0.2) is 10.9 Å². The van der Waals surface area contributed by atoms with Gasteiger partial charge in [-0.3, -0.25) is 9.78 Å². The molecule has 0 radical (unpaired) electrons. The number of aromatic nitrogens is 1. The van der Waals surface area contributed by atoms with Crippen molar-refractivity contribution < 1.29 is 18.0 Å². The highest BCUT2D eigenvalue weighted by Crippen LogP contribution is 2.35. The van der Waals surface area contributed by atoms with Crippen LogP contribution in [0.2, 0.25) is 0 Å². The monoisotopic (exact) mass is 370 g/mol. The third-order valence-corrected chi connectivity index (χ3v) is 4.15. The van der Waals surface area contributed by atoms with Crippen LogP contribution in [0.1, 0.15) is 23.6 Å². The Kier molecular flexibility index (Phi) is 5.26. The van der Waals surface area contributed by atoms with Crippen molar-refractivity contribution in [3.05, 3.63) is 77.5 Å². The van der Waals surface area contributed by atoms with Crippen molar-refractivity contribution in [3.8, 4) is 0 Å². The molecule has 0 atom stereocenters. The van der Waals surface area contributed by atoms with Gasteiger partial charge in [0.05, 0.1) is 16.8 Å². The third-order valence-electron chi connectivity index (χ3n) is 4.15. The van der Waals surface area contributed by atoms with Gasteiger partial charge < -0.3 is 5.32 Å². The van der Waals surface area contributed by atoms with Crippen LogP contribution < -0.4 is 5.32 Å². The highest BCUT2D eigenvalue weighted by atomic mass is 19.4. The molecule has 0 aliphatic heterocycles. The first-order valence-corrected chi connectivity index (χ1v) is 8.41. The average Bonchev–Trinajstić information content (AvgIpc) is 2.66. The van der Waals surface area contributed by atoms with Gasteiger partial charge in [0.15, 0.2) is 0 Å². The second kappa shape index (κ2) is 7.61. The molecule has 3 rings (SSSR count). The molecule has 0 unspecified atom stereocenters. The molecule has 1 amide bonds. The van der Waals surface area contributed by atoms with Crippen molar-refractivity contribution in [1.29, 1.82) is 0 Å². The number of amides is 1. The number of pyridine rings is 1. The summed E-state index contributed by atoms with van der Waals surface area (Å²) in [6, 6.07) is 13.0. The van der Waals surface area contributed by atoms with E-state index in [1.54, 1.807) is 6.08 Å². The van der Waals surface area contributed by atoms with E-state index < -0.39 is 17.6 Å². The minimum atomic E-state index is -4.51. The number of benzene rings is 2. The maximum Gasteiger partial charge on any atom is 0.418 e. The van der Waals surface area contributed by atoms with Crippen molar-refractivity contribution >= 4 is 28.6 Å². The third kappa shape index (κ3) is 4.34. The van der Waals surface area contributed by atoms with Crippen LogP contribution in [0.4, 0.5) is 18.9 Å². The van der Waals surface area contributed by atoms with E-state index >= 15 is 0 Å². The van der Waals surface area contributed by atoms with Gasteiger partial charge in [-0.05, 0) is 35.8 Å². The molecule has 0 fully saturated rings. The minimum Gasteiger partial charge on any atom is -0.322 e. The summed E-state index contributed by atoms with van der Waals surface area (Å²) in [5.41, 5.74) is 1.31. The number of nitrogens with one attached hydrogen (secondary N) is 1. The molecule has 1 aromatic heterocycles. The number of para-hydroxylation sites is 1. The molecule has 1 N–H and O–H groups in total. The van der Waals surface area contributed by atoms with Crippen molar-refractivity contribution in [3.63, 3.8) is 0 Å². The Balaban J connectivity index is 1.83. The number of carbonyl (C=O) groups excluding carboxylic acids is 1. The summed E-state index contributed by atoms with van der Waals surface area (Å²) in [5, 5.41) is 2.86. The second-order valence-electron chi connectivity index (χ2n) is 5.98. The minimum absolute atomic E-state index is 0.193. The fourth-order valence-corrected chi connectivity index (χ4v) is 2.72. The van der Waals surface area contributed by atoms with E-state index in [0.717, 1.165) is 18.1 Å². The van der Waals surface area contributed by atoms with Gasteiger partial charge in [0.2, 0.25) is 5.91 Å². The number of alkyl halides is 3. The van der Waals surface area contributed by atoms with Crippen LogP contribution in [0.3, 0.4) is 0 Å². The second-order valence-corrected chi connectivity index (χ2v) is 5.98. The predicted molar refractivity (Wildman–Crippen MR) is 100 cm³/mol. The number of hydrogen-bond acceptors (Lipinski definition) is 2. The molecule has 0 saturated carbocycles. The van der Waals surface area contributed by atoms with Gasteiger partial charge in [-0.15, -0.1) is 0 Å². The van der Waals surface area contributed by atoms with Crippen LogP contribution >= 0.6 is 0 Å². The van der Waals surface area contributed by atoms with Crippen molar-refractivity contribution in [2.24, 2.45) is 0 Å². The van der Waals surface area contributed by atoms with Gasteiger partial charge in [0, 0.05) is 17.7 Å². The van der Waals surface area contributed by atoms with Crippen LogP contribution in [0.5, 0.6) is 0 Å². The summed E-state index contributed by atoms with van der Waals surface area (Å²) < 4.78 is 39.4. The lowest BCUT2D eigenvalue weighted by molar-refractivity contribution is -0.136. The number of aryl methyl sites for hydroxylation is 1. The molecule has 6 heteroatoms. The van der Waals surface area contributed by atoms with Crippen LogP contribution in [0.25, 0.3) is 17.0 Å². The fraction of sp³-hybridized carbons (Fsp3) is 0.143. The highest BCUT2D eigenvalue weighted by Gasteiger charge is 2.33. The van der Waals surface area contributed by atoms with Crippen molar-refractivity contribution in [2.45, 2.75) is 19.5 Å². The number of halogens is 3. The van der Waals surface area contributed by atoms with E-state index in [0.29, 0.717) is 0 Å². The van der Waals surface area contributed by atoms with E-state index in [9.17, 15) is 18.0 Å². The van der Waals surface area contributed by atoms with Crippen molar-refractivity contribution in [1.82, 2.24) is 4.98 Å². The lowest BCUT2D eigenvalue weighted by Gasteiger charge is -2.12. The molecule has 0 saturated heterocycles. The summed E-state index contributed by atoms with van der Waals surface area (Å²) in [4.78, 5) is 16.0. The predicted octanol–water partition coefficient (Wildman–Crippen LogP) is 5.47. The zero-order chi connectivity index (χ0) is 19.4. The topological polar surface area (TPSA) is 42.0 Å². The number of anilines is 1. The summed E-state index contributed by atoms with van der Waals surface area (Å²) in [7, 11) is 0. The van der Waals surface area contributed by atoms with E-state index in [1.807, 2.05) is 24.3 Å². The van der Waals surface area contributed by atoms with Crippen LogP contribution in [0.15, 0.2) is 60.8 Å². The Labute approximate surface area is 154 Å². The number of hydrogen-bond donors (Lipinski definition) is 1. The van der Waals surface area contributed by atoms with Gasteiger partial charge in [0.1, 0.15) is 0 Å². The summed E-state index contributed by atoms with van der Waals surface area (Å²) in [5.74, 6) is -0.431. The zero-order valence-corrected chi connectivity index (χ0v) is 14.5. The molecular formula is C21H17F3N2O. The molecular weight excluding hydrogens is 353 g/mol. The van der Waals surface area contributed by atoms with Crippen molar-refractivity contribution in [2.75, 3.05) is 5.32 Å². The quantitative estimate of drug-likeness (QED) is 0.619. The van der Waals surface area contributed by atoms with Gasteiger partial charge in [0.25, 0.3) is 0 Å². The number of rotatable bonds is 4. The maximum atomic E-state index is 13.1. The molecule has 27 heavy (non-hydrogen) atoms. The first-order chi connectivity index (χ1) is 12.9. The van der Waals surface area contributed by atoms with Gasteiger partial charge >= 0.3 is 6.18 Å². The number of carbonyl (C=O) groups is 1. The Morgan fingerprint density at radius 2 is 1.85 bits per heavy atom. The zero-order valence-electron chi connectivity index (χ0n) is 14.5. The van der Waals surface area contributed by atoms with Gasteiger partial charge in [-0.1, -0.05) is 43.3 Å². The molecule has 1 heterocycles. The molecule has 2 aromatic carbocycles. The smallest absolute Gasteiger partial charge is 0.322 e. The SMILES string of the molecule is CCc1ccc(/C=C/C(=O)Nc2ccnc3c(C(F)(F)F)cccc23)cc1. The molecule has 3 nitrogen and oxygen atoms in total. The summed E-state index contributed by atoms with van der Waals surface area (Å²) in [6.45, 7) is 2.06. The molecule has 0 bridgehead atoms. The lowest BCUT2D eigenvalue weighted by Crippen LogP contribution is -2.10. The Morgan fingerprint density at radius 3 is 2.52 bits per heavy atom. The molecule has 0 aliphatic carbocycles. The van der Waals surface area contributed by atoms with E-state index in [2.05, 4.69) is 17.2 Å². The summed E-state index contributed by atoms with van der Waals surface area (Å²) >= 11 is 0.